The lowest BCUT2D eigenvalue weighted by Crippen LogP contribution is -2.20. The Kier molecular flexibility index (Phi) is 4.50. The van der Waals surface area contributed by atoms with E-state index in [2.05, 4.69) is 20.6 Å². The number of carbonyl (C=O) groups excluding carboxylic acids is 1. The number of aromatic nitrogens is 3. The molecule has 9 heteroatoms. The largest absolute Gasteiger partial charge is 0.416 e. The highest BCUT2D eigenvalue weighted by Gasteiger charge is 2.30. The second-order valence-corrected chi connectivity index (χ2v) is 6.40. The van der Waals surface area contributed by atoms with Gasteiger partial charge in [-0.25, -0.2) is 9.97 Å². The lowest BCUT2D eigenvalue weighted by Gasteiger charge is -2.11. The Morgan fingerprint density at radius 2 is 1.93 bits per heavy atom. The predicted molar refractivity (Wildman–Crippen MR) is 96.8 cm³/mol. The molecule has 28 heavy (non-hydrogen) atoms. The summed E-state index contributed by atoms with van der Waals surface area (Å²) in [6, 6.07) is 7.99. The molecule has 0 saturated carbocycles. The van der Waals surface area contributed by atoms with Crippen molar-refractivity contribution in [2.24, 2.45) is 0 Å². The number of halogens is 3. The molecule has 0 bridgehead atoms. The van der Waals surface area contributed by atoms with Crippen molar-refractivity contribution in [3.63, 3.8) is 0 Å². The summed E-state index contributed by atoms with van der Waals surface area (Å²) in [5.74, 6) is 0.418. The van der Waals surface area contributed by atoms with E-state index in [0.717, 1.165) is 12.1 Å². The second-order valence-electron chi connectivity index (χ2n) is 6.40. The highest BCUT2D eigenvalue weighted by molar-refractivity contribution is 5.82. The third-order valence-electron chi connectivity index (χ3n) is 4.54. The van der Waals surface area contributed by atoms with Crippen molar-refractivity contribution in [2.75, 3.05) is 11.9 Å². The fraction of sp³-hybridized carbons (Fsp3) is 0.211. The van der Waals surface area contributed by atoms with E-state index in [1.807, 2.05) is 0 Å². The highest BCUT2D eigenvalue weighted by Crippen LogP contribution is 2.32. The summed E-state index contributed by atoms with van der Waals surface area (Å²) < 4.78 is 39.9. The molecule has 1 fully saturated rings. The molecule has 1 atom stereocenters. The van der Waals surface area contributed by atoms with E-state index in [0.29, 0.717) is 35.7 Å². The Balaban J connectivity index is 1.59. The number of alkyl halides is 3. The van der Waals surface area contributed by atoms with Gasteiger partial charge in [-0.15, -0.1) is 0 Å². The van der Waals surface area contributed by atoms with Crippen LogP contribution in [0.25, 0.3) is 11.3 Å². The number of anilines is 2. The number of benzene rings is 1. The lowest BCUT2D eigenvalue weighted by atomic mass is 10.1. The van der Waals surface area contributed by atoms with Crippen LogP contribution >= 0.6 is 0 Å². The van der Waals surface area contributed by atoms with E-state index in [1.54, 1.807) is 35.4 Å². The molecule has 0 spiro atoms. The zero-order chi connectivity index (χ0) is 19.7. The van der Waals surface area contributed by atoms with Gasteiger partial charge in [-0.05, 0) is 42.8 Å². The first-order valence-electron chi connectivity index (χ1n) is 8.63. The minimum absolute atomic E-state index is 0.0433. The van der Waals surface area contributed by atoms with E-state index < -0.39 is 11.7 Å². The Bertz CT molecular complexity index is 997. The zero-order valence-electron chi connectivity index (χ0n) is 14.6. The van der Waals surface area contributed by atoms with E-state index >= 15 is 0 Å². The van der Waals surface area contributed by atoms with Crippen molar-refractivity contribution >= 4 is 17.4 Å². The molecular formula is C19H16F3N5O. The monoisotopic (exact) mass is 387 g/mol. The SMILES string of the molecule is O=C1NCCC1n1cnc(-c2cccnc2Nc2ccc(C(F)(F)F)cc2)c1. The molecule has 1 saturated heterocycles. The Hall–Kier alpha value is -3.36. The van der Waals surface area contributed by atoms with Gasteiger partial charge < -0.3 is 15.2 Å². The van der Waals surface area contributed by atoms with Gasteiger partial charge in [0, 0.05) is 30.2 Å². The molecule has 1 unspecified atom stereocenters. The van der Waals surface area contributed by atoms with Gasteiger partial charge in [0.2, 0.25) is 5.91 Å². The van der Waals surface area contributed by atoms with Crippen LogP contribution < -0.4 is 10.6 Å². The summed E-state index contributed by atoms with van der Waals surface area (Å²) in [6.07, 6.45) is 1.26. The Morgan fingerprint density at radius 3 is 2.61 bits per heavy atom. The lowest BCUT2D eigenvalue weighted by molar-refractivity contribution is -0.137. The van der Waals surface area contributed by atoms with Crippen LogP contribution in [0.1, 0.15) is 18.0 Å². The molecule has 1 aliphatic rings. The number of nitrogens with one attached hydrogen (secondary N) is 2. The number of hydrogen-bond acceptors (Lipinski definition) is 4. The van der Waals surface area contributed by atoms with Crippen LogP contribution in [0.5, 0.6) is 0 Å². The van der Waals surface area contributed by atoms with Gasteiger partial charge in [-0.1, -0.05) is 0 Å². The van der Waals surface area contributed by atoms with Gasteiger partial charge in [-0.3, -0.25) is 4.79 Å². The third-order valence-corrected chi connectivity index (χ3v) is 4.54. The van der Waals surface area contributed by atoms with E-state index in [9.17, 15) is 18.0 Å². The fourth-order valence-corrected chi connectivity index (χ4v) is 3.10. The molecule has 1 aromatic carbocycles. The van der Waals surface area contributed by atoms with Crippen LogP contribution in [-0.2, 0) is 11.0 Å². The van der Waals surface area contributed by atoms with Crippen LogP contribution in [0.4, 0.5) is 24.7 Å². The summed E-state index contributed by atoms with van der Waals surface area (Å²) in [7, 11) is 0. The summed E-state index contributed by atoms with van der Waals surface area (Å²) in [6.45, 7) is 0.630. The van der Waals surface area contributed by atoms with Crippen molar-refractivity contribution in [1.29, 1.82) is 0 Å². The van der Waals surface area contributed by atoms with Crippen molar-refractivity contribution in [1.82, 2.24) is 19.9 Å². The first kappa shape index (κ1) is 18.0. The van der Waals surface area contributed by atoms with Gasteiger partial charge in [0.25, 0.3) is 0 Å². The van der Waals surface area contributed by atoms with Gasteiger partial charge in [0.05, 0.1) is 17.6 Å². The smallest absolute Gasteiger partial charge is 0.354 e. The van der Waals surface area contributed by atoms with Crippen LogP contribution in [-0.4, -0.2) is 27.0 Å². The molecule has 3 heterocycles. The summed E-state index contributed by atoms with van der Waals surface area (Å²) >= 11 is 0. The number of carbonyl (C=O) groups is 1. The van der Waals surface area contributed by atoms with Gasteiger partial charge in [0.1, 0.15) is 11.9 Å². The number of amides is 1. The maximum Gasteiger partial charge on any atom is 0.416 e. The maximum atomic E-state index is 12.7. The first-order chi connectivity index (χ1) is 13.4. The van der Waals surface area contributed by atoms with Gasteiger partial charge in [0.15, 0.2) is 0 Å². The molecule has 6 nitrogen and oxygen atoms in total. The van der Waals surface area contributed by atoms with Crippen LogP contribution in [0, 0.1) is 0 Å². The number of pyridine rings is 1. The van der Waals surface area contributed by atoms with Crippen molar-refractivity contribution in [3.8, 4) is 11.3 Å². The summed E-state index contributed by atoms with van der Waals surface area (Å²) in [4.78, 5) is 20.5. The minimum atomic E-state index is -4.38. The third kappa shape index (κ3) is 3.55. The number of imidazole rings is 1. The average molecular weight is 387 g/mol. The summed E-state index contributed by atoms with van der Waals surface area (Å²) in [5, 5.41) is 5.81. The zero-order valence-corrected chi connectivity index (χ0v) is 14.6. The molecule has 2 aromatic heterocycles. The molecule has 3 aromatic rings. The molecule has 2 N–H and O–H groups in total. The minimum Gasteiger partial charge on any atom is -0.354 e. The molecular weight excluding hydrogens is 371 g/mol. The molecule has 144 valence electrons. The number of nitrogens with zero attached hydrogens (tertiary/aromatic N) is 3. The highest BCUT2D eigenvalue weighted by atomic mass is 19.4. The van der Waals surface area contributed by atoms with Crippen LogP contribution in [0.3, 0.4) is 0 Å². The summed E-state index contributed by atoms with van der Waals surface area (Å²) in [5.41, 5.74) is 1.05. The quantitative estimate of drug-likeness (QED) is 0.715. The fourth-order valence-electron chi connectivity index (χ4n) is 3.10. The van der Waals surface area contributed by atoms with Gasteiger partial charge >= 0.3 is 6.18 Å². The normalized spacial score (nSPS) is 16.8. The molecule has 1 aliphatic heterocycles. The van der Waals surface area contributed by atoms with Crippen molar-refractivity contribution in [2.45, 2.75) is 18.6 Å². The number of hydrogen-bond donors (Lipinski definition) is 2. The maximum absolute atomic E-state index is 12.7. The Morgan fingerprint density at radius 1 is 1.14 bits per heavy atom. The van der Waals surface area contributed by atoms with Crippen molar-refractivity contribution in [3.05, 3.63) is 60.7 Å². The first-order valence-corrected chi connectivity index (χ1v) is 8.63. The predicted octanol–water partition coefficient (Wildman–Crippen LogP) is 3.77. The van der Waals surface area contributed by atoms with Crippen LogP contribution in [0.15, 0.2) is 55.1 Å². The topological polar surface area (TPSA) is 71.8 Å². The molecule has 4 rings (SSSR count). The van der Waals surface area contributed by atoms with E-state index in [4.69, 9.17) is 0 Å². The van der Waals surface area contributed by atoms with Crippen LogP contribution in [0.2, 0.25) is 0 Å². The van der Waals surface area contributed by atoms with E-state index in [1.165, 1.54) is 12.1 Å². The van der Waals surface area contributed by atoms with E-state index in [-0.39, 0.29) is 11.9 Å². The number of rotatable bonds is 4. The van der Waals surface area contributed by atoms with Gasteiger partial charge in [-0.2, -0.15) is 13.2 Å². The molecule has 0 aliphatic carbocycles. The second kappa shape index (κ2) is 6.99. The standard InChI is InChI=1S/C19H16F3N5O/c20-19(21,22)12-3-5-13(6-4-12)26-17-14(2-1-8-23-17)15-10-27(11-25-15)16-7-9-24-18(16)28/h1-6,8,10-11,16H,7,9H2,(H,23,26)(H,24,28). The molecule has 1 amide bonds. The molecule has 0 radical (unpaired) electrons. The average Bonchev–Trinajstić information content (AvgIpc) is 3.31. The van der Waals surface area contributed by atoms with Crippen molar-refractivity contribution < 1.29 is 18.0 Å². The Labute approximate surface area is 158 Å².